The lowest BCUT2D eigenvalue weighted by Gasteiger charge is -2.19. The first-order chi connectivity index (χ1) is 14.7. The molecule has 0 unspecified atom stereocenters. The van der Waals surface area contributed by atoms with Gasteiger partial charge in [0.15, 0.2) is 5.69 Å². The van der Waals surface area contributed by atoms with Crippen molar-refractivity contribution in [2.75, 3.05) is 18.6 Å². The zero-order valence-electron chi connectivity index (χ0n) is 16.1. The Morgan fingerprint density at radius 3 is 2.52 bits per heavy atom. The van der Waals surface area contributed by atoms with E-state index < -0.39 is 40.8 Å². The summed E-state index contributed by atoms with van der Waals surface area (Å²) in [6.45, 7) is 0.126. The van der Waals surface area contributed by atoms with Crippen LogP contribution in [0.4, 0.5) is 23.2 Å². The van der Waals surface area contributed by atoms with E-state index in [1.807, 2.05) is 0 Å². The molecule has 6 nitrogen and oxygen atoms in total. The molecule has 1 aliphatic heterocycles. The summed E-state index contributed by atoms with van der Waals surface area (Å²) >= 11 is 0. The molecule has 2 heterocycles. The number of carbonyl (C=O) groups excluding carboxylic acids is 2. The number of anilines is 1. The summed E-state index contributed by atoms with van der Waals surface area (Å²) in [5.74, 6) is -2.38. The van der Waals surface area contributed by atoms with Crippen molar-refractivity contribution in [3.05, 3.63) is 76.9 Å². The van der Waals surface area contributed by atoms with Crippen LogP contribution < -0.4 is 4.90 Å². The average molecular weight is 433 g/mol. The topological polar surface area (TPSA) is 64.4 Å². The minimum atomic E-state index is -4.96. The van der Waals surface area contributed by atoms with Gasteiger partial charge in [0.2, 0.25) is 0 Å². The van der Waals surface area contributed by atoms with E-state index in [0.717, 1.165) is 18.3 Å². The Bertz CT molecular complexity index is 1190. The zero-order chi connectivity index (χ0) is 22.3. The number of alkyl halides is 3. The highest BCUT2D eigenvalue weighted by Gasteiger charge is 2.42. The largest absolute Gasteiger partial charge is 0.465 e. The van der Waals surface area contributed by atoms with Crippen molar-refractivity contribution in [3.63, 3.8) is 0 Å². The zero-order valence-corrected chi connectivity index (χ0v) is 16.1. The van der Waals surface area contributed by atoms with Crippen LogP contribution >= 0.6 is 0 Å². The molecular formula is C21H15F4N3O3. The van der Waals surface area contributed by atoms with Crippen LogP contribution in [-0.4, -0.2) is 35.3 Å². The number of fused-ring (bicyclic) bond motifs is 1. The molecule has 1 amide bonds. The van der Waals surface area contributed by atoms with Crippen LogP contribution in [0.1, 0.15) is 32.0 Å². The first kappa shape index (κ1) is 20.6. The summed E-state index contributed by atoms with van der Waals surface area (Å²) in [5, 5.41) is 3.66. The predicted octanol–water partition coefficient (Wildman–Crippen LogP) is 4.02. The van der Waals surface area contributed by atoms with Crippen LogP contribution in [0.3, 0.4) is 0 Å². The lowest BCUT2D eigenvalue weighted by atomic mass is 10.1. The number of hydrogen-bond acceptors (Lipinski definition) is 4. The van der Waals surface area contributed by atoms with Crippen molar-refractivity contribution in [1.29, 1.82) is 0 Å². The van der Waals surface area contributed by atoms with Crippen molar-refractivity contribution in [1.82, 2.24) is 9.78 Å². The molecule has 0 radical (unpaired) electrons. The third-order valence-corrected chi connectivity index (χ3v) is 4.99. The van der Waals surface area contributed by atoms with Crippen LogP contribution in [0.2, 0.25) is 0 Å². The fourth-order valence-electron chi connectivity index (χ4n) is 3.59. The number of amides is 1. The standard InChI is InChI=1S/C21H15F4N3O3/c1-31-20(30)13-6-7-16-12(10-13)8-9-27(16)19(29)14-11-26-28(18(14)21(23,24)25)17-5-3-2-4-15(17)22/h2-7,10-11H,8-9H2,1H3. The van der Waals surface area contributed by atoms with Gasteiger partial charge in [-0.05, 0) is 42.3 Å². The molecule has 0 atom stereocenters. The van der Waals surface area contributed by atoms with Crippen molar-refractivity contribution < 1.29 is 31.9 Å². The molecule has 0 saturated heterocycles. The van der Waals surface area contributed by atoms with Gasteiger partial charge >= 0.3 is 12.1 Å². The predicted molar refractivity (Wildman–Crippen MR) is 102 cm³/mol. The second-order valence-electron chi connectivity index (χ2n) is 6.81. The van der Waals surface area contributed by atoms with E-state index in [0.29, 0.717) is 22.4 Å². The summed E-state index contributed by atoms with van der Waals surface area (Å²) in [6.07, 6.45) is -3.81. The maximum Gasteiger partial charge on any atom is 0.434 e. The maximum absolute atomic E-state index is 14.1. The number of benzene rings is 2. The first-order valence-corrected chi connectivity index (χ1v) is 9.15. The van der Waals surface area contributed by atoms with Crippen molar-refractivity contribution in [3.8, 4) is 5.69 Å². The number of para-hydroxylation sites is 1. The van der Waals surface area contributed by atoms with E-state index in [9.17, 15) is 27.2 Å². The van der Waals surface area contributed by atoms with E-state index in [4.69, 9.17) is 0 Å². The molecular weight excluding hydrogens is 418 g/mol. The highest BCUT2D eigenvalue weighted by molar-refractivity contribution is 6.08. The Balaban J connectivity index is 1.76. The van der Waals surface area contributed by atoms with Crippen molar-refractivity contribution in [2.45, 2.75) is 12.6 Å². The van der Waals surface area contributed by atoms with Crippen molar-refractivity contribution in [2.24, 2.45) is 0 Å². The van der Waals surface area contributed by atoms with E-state index in [1.165, 1.54) is 36.3 Å². The van der Waals surface area contributed by atoms with Crippen LogP contribution in [0.5, 0.6) is 0 Å². The Labute approximate surface area is 173 Å². The van der Waals surface area contributed by atoms with Gasteiger partial charge in [0.05, 0.1) is 24.4 Å². The molecule has 0 bridgehead atoms. The lowest BCUT2D eigenvalue weighted by molar-refractivity contribution is -0.143. The van der Waals surface area contributed by atoms with E-state index >= 15 is 0 Å². The molecule has 160 valence electrons. The Kier molecular flexibility index (Phi) is 5.00. The maximum atomic E-state index is 14.1. The van der Waals surface area contributed by atoms with Crippen molar-refractivity contribution >= 4 is 17.6 Å². The number of esters is 1. The number of aromatic nitrogens is 2. The molecule has 0 aliphatic carbocycles. The fraction of sp³-hybridized carbons (Fsp3) is 0.190. The minimum absolute atomic E-state index is 0.126. The second kappa shape index (κ2) is 7.53. The van der Waals surface area contributed by atoms with E-state index in [2.05, 4.69) is 9.84 Å². The van der Waals surface area contributed by atoms with Gasteiger partial charge in [-0.1, -0.05) is 12.1 Å². The summed E-state index contributed by atoms with van der Waals surface area (Å²) in [7, 11) is 1.23. The fourth-order valence-corrected chi connectivity index (χ4v) is 3.59. The van der Waals surface area contributed by atoms with Crippen LogP contribution in [0, 0.1) is 5.82 Å². The van der Waals surface area contributed by atoms with Crippen LogP contribution in [0.25, 0.3) is 5.69 Å². The summed E-state index contributed by atoms with van der Waals surface area (Å²) in [4.78, 5) is 26.0. The number of hydrogen-bond donors (Lipinski definition) is 0. The van der Waals surface area contributed by atoms with E-state index in [1.54, 1.807) is 6.07 Å². The first-order valence-electron chi connectivity index (χ1n) is 9.15. The molecule has 1 aromatic heterocycles. The molecule has 1 aliphatic rings. The Hall–Kier alpha value is -3.69. The highest BCUT2D eigenvalue weighted by Crippen LogP contribution is 2.37. The van der Waals surface area contributed by atoms with Gasteiger partial charge in [-0.3, -0.25) is 4.79 Å². The van der Waals surface area contributed by atoms with Gasteiger partial charge in [0, 0.05) is 12.2 Å². The third-order valence-electron chi connectivity index (χ3n) is 4.99. The average Bonchev–Trinajstić information content (AvgIpc) is 3.37. The minimum Gasteiger partial charge on any atom is -0.465 e. The van der Waals surface area contributed by atoms with Crippen LogP contribution in [-0.2, 0) is 17.3 Å². The molecule has 0 saturated carbocycles. The second-order valence-corrected chi connectivity index (χ2v) is 6.81. The Morgan fingerprint density at radius 1 is 1.10 bits per heavy atom. The smallest absolute Gasteiger partial charge is 0.434 e. The summed E-state index contributed by atoms with van der Waals surface area (Å²) < 4.78 is 60.8. The van der Waals surface area contributed by atoms with Gasteiger partial charge in [-0.2, -0.15) is 18.3 Å². The number of nitrogens with zero attached hydrogens (tertiary/aromatic N) is 3. The Morgan fingerprint density at radius 2 is 1.84 bits per heavy atom. The number of methoxy groups -OCH3 is 1. The van der Waals surface area contributed by atoms with Crippen LogP contribution in [0.15, 0.2) is 48.7 Å². The number of rotatable bonds is 3. The van der Waals surface area contributed by atoms with Gasteiger partial charge < -0.3 is 9.64 Å². The molecule has 31 heavy (non-hydrogen) atoms. The van der Waals surface area contributed by atoms with Gasteiger partial charge in [0.1, 0.15) is 11.5 Å². The summed E-state index contributed by atoms with van der Waals surface area (Å²) in [5.41, 5.74) is -1.17. The number of carbonyl (C=O) groups is 2. The molecule has 0 N–H and O–H groups in total. The number of halogens is 4. The molecule has 4 rings (SSSR count). The van der Waals surface area contributed by atoms with Gasteiger partial charge in [-0.15, -0.1) is 0 Å². The van der Waals surface area contributed by atoms with E-state index in [-0.39, 0.29) is 12.1 Å². The molecule has 3 aromatic rings. The summed E-state index contributed by atoms with van der Waals surface area (Å²) in [6, 6.07) is 9.33. The van der Waals surface area contributed by atoms with Gasteiger partial charge in [0.25, 0.3) is 5.91 Å². The highest BCUT2D eigenvalue weighted by atomic mass is 19.4. The molecule has 10 heteroatoms. The van der Waals surface area contributed by atoms with Gasteiger partial charge in [-0.25, -0.2) is 13.9 Å². The third kappa shape index (κ3) is 3.54. The normalized spacial score (nSPS) is 13.3. The number of ether oxygens (including phenoxy) is 1. The molecule has 0 spiro atoms. The SMILES string of the molecule is COC(=O)c1ccc2c(c1)CCN2C(=O)c1cnn(-c2ccccc2F)c1C(F)(F)F. The molecule has 0 fully saturated rings. The lowest BCUT2D eigenvalue weighted by Crippen LogP contribution is -2.31. The quantitative estimate of drug-likeness (QED) is 0.462. The molecule has 2 aromatic carbocycles. The monoisotopic (exact) mass is 433 g/mol.